The van der Waals surface area contributed by atoms with Gasteiger partial charge >= 0.3 is 0 Å². The van der Waals surface area contributed by atoms with Crippen LogP contribution in [0.15, 0.2) is 0 Å². The van der Waals surface area contributed by atoms with E-state index < -0.39 is 0 Å². The van der Waals surface area contributed by atoms with Gasteiger partial charge in [0.05, 0.1) is 13.1 Å². The lowest BCUT2D eigenvalue weighted by Gasteiger charge is -2.31. The first-order valence-electron chi connectivity index (χ1n) is 7.92. The standard InChI is InChI=1S/C15H28N4O3/c1-4-7-17-13(20)10-18(3)14(21)11-19-8-5-12(6-9-19)15(22)16-2/h12H,4-11H2,1-3H3,(H,16,22)(H,17,20). The van der Waals surface area contributed by atoms with Crippen molar-refractivity contribution >= 4 is 17.7 Å². The molecule has 0 aromatic carbocycles. The minimum Gasteiger partial charge on any atom is -0.359 e. The van der Waals surface area contributed by atoms with E-state index in [0.717, 1.165) is 32.4 Å². The molecule has 0 spiro atoms. The molecule has 22 heavy (non-hydrogen) atoms. The van der Waals surface area contributed by atoms with Gasteiger partial charge in [0, 0.05) is 26.6 Å². The van der Waals surface area contributed by atoms with Crippen molar-refractivity contribution in [2.75, 3.05) is 46.8 Å². The van der Waals surface area contributed by atoms with Gasteiger partial charge in [-0.15, -0.1) is 0 Å². The number of carbonyl (C=O) groups is 3. The number of hydrogen-bond donors (Lipinski definition) is 2. The topological polar surface area (TPSA) is 81.8 Å². The summed E-state index contributed by atoms with van der Waals surface area (Å²) >= 11 is 0. The molecule has 1 saturated heterocycles. The van der Waals surface area contributed by atoms with E-state index in [4.69, 9.17) is 0 Å². The Labute approximate surface area is 132 Å². The molecule has 1 aliphatic heterocycles. The maximum Gasteiger partial charge on any atom is 0.239 e. The van der Waals surface area contributed by atoms with E-state index in [2.05, 4.69) is 10.6 Å². The first kappa shape index (κ1) is 18.4. The quantitative estimate of drug-likeness (QED) is 0.659. The highest BCUT2D eigenvalue weighted by Gasteiger charge is 2.26. The summed E-state index contributed by atoms with van der Waals surface area (Å²) in [4.78, 5) is 38.8. The lowest BCUT2D eigenvalue weighted by Crippen LogP contribution is -2.46. The van der Waals surface area contributed by atoms with Crippen LogP contribution in [0.1, 0.15) is 26.2 Å². The largest absolute Gasteiger partial charge is 0.359 e. The number of rotatable bonds is 7. The zero-order chi connectivity index (χ0) is 16.5. The molecule has 0 radical (unpaired) electrons. The predicted molar refractivity (Wildman–Crippen MR) is 84.2 cm³/mol. The highest BCUT2D eigenvalue weighted by Crippen LogP contribution is 2.17. The third-order valence-corrected chi connectivity index (χ3v) is 3.94. The Kier molecular flexibility index (Phi) is 7.87. The van der Waals surface area contributed by atoms with Crippen molar-refractivity contribution < 1.29 is 14.4 Å². The molecule has 3 amide bonds. The normalized spacial score (nSPS) is 16.1. The number of piperidine rings is 1. The van der Waals surface area contributed by atoms with Crippen LogP contribution in [0.3, 0.4) is 0 Å². The zero-order valence-corrected chi connectivity index (χ0v) is 13.9. The highest BCUT2D eigenvalue weighted by molar-refractivity contribution is 5.85. The Morgan fingerprint density at radius 1 is 1.23 bits per heavy atom. The molecule has 0 saturated carbocycles. The summed E-state index contributed by atoms with van der Waals surface area (Å²) in [5.74, 6) is -0.0642. The maximum absolute atomic E-state index is 12.1. The van der Waals surface area contributed by atoms with Crippen LogP contribution < -0.4 is 10.6 Å². The number of likely N-dealkylation sites (N-methyl/N-ethyl adjacent to an activating group) is 1. The van der Waals surface area contributed by atoms with Crippen LogP contribution in [-0.2, 0) is 14.4 Å². The molecule has 0 unspecified atom stereocenters. The van der Waals surface area contributed by atoms with Crippen LogP contribution in [0.25, 0.3) is 0 Å². The third-order valence-electron chi connectivity index (χ3n) is 3.94. The second-order valence-electron chi connectivity index (χ2n) is 5.76. The van der Waals surface area contributed by atoms with E-state index in [1.54, 1.807) is 14.1 Å². The summed E-state index contributed by atoms with van der Waals surface area (Å²) < 4.78 is 0. The van der Waals surface area contributed by atoms with Gasteiger partial charge in [0.1, 0.15) is 0 Å². The number of nitrogens with one attached hydrogen (secondary N) is 2. The van der Waals surface area contributed by atoms with Crippen molar-refractivity contribution in [1.29, 1.82) is 0 Å². The predicted octanol–water partition coefficient (Wildman–Crippen LogP) is -0.571. The number of carbonyl (C=O) groups excluding carboxylic acids is 3. The average Bonchev–Trinajstić information content (AvgIpc) is 2.52. The van der Waals surface area contributed by atoms with E-state index in [0.29, 0.717) is 13.1 Å². The van der Waals surface area contributed by atoms with Crippen molar-refractivity contribution in [3.8, 4) is 0 Å². The third kappa shape index (κ3) is 6.01. The van der Waals surface area contributed by atoms with Crippen LogP contribution >= 0.6 is 0 Å². The minimum absolute atomic E-state index is 0.0499. The Morgan fingerprint density at radius 2 is 1.86 bits per heavy atom. The van der Waals surface area contributed by atoms with Crippen molar-refractivity contribution in [2.24, 2.45) is 5.92 Å². The maximum atomic E-state index is 12.1. The van der Waals surface area contributed by atoms with Crippen LogP contribution in [0.4, 0.5) is 0 Å². The monoisotopic (exact) mass is 312 g/mol. The van der Waals surface area contributed by atoms with Gasteiger partial charge in [0.25, 0.3) is 0 Å². The van der Waals surface area contributed by atoms with Gasteiger partial charge in [0.2, 0.25) is 17.7 Å². The van der Waals surface area contributed by atoms with Crippen LogP contribution in [0.2, 0.25) is 0 Å². The number of nitrogens with zero attached hydrogens (tertiary/aromatic N) is 2. The van der Waals surface area contributed by atoms with E-state index in [1.807, 2.05) is 11.8 Å². The summed E-state index contributed by atoms with van der Waals surface area (Å²) in [5, 5.41) is 5.43. The molecule has 0 aromatic heterocycles. The minimum atomic E-state index is -0.129. The van der Waals surface area contributed by atoms with Gasteiger partial charge in [-0.1, -0.05) is 6.92 Å². The van der Waals surface area contributed by atoms with Crippen molar-refractivity contribution in [3.05, 3.63) is 0 Å². The number of amides is 3. The second-order valence-corrected chi connectivity index (χ2v) is 5.76. The molecule has 0 aromatic rings. The van der Waals surface area contributed by atoms with Crippen LogP contribution in [0, 0.1) is 5.92 Å². The lowest BCUT2D eigenvalue weighted by molar-refractivity contribution is -0.136. The molecule has 1 heterocycles. The van der Waals surface area contributed by atoms with Crippen molar-refractivity contribution in [3.63, 3.8) is 0 Å². The smallest absolute Gasteiger partial charge is 0.239 e. The van der Waals surface area contributed by atoms with Gasteiger partial charge < -0.3 is 15.5 Å². The van der Waals surface area contributed by atoms with E-state index in [9.17, 15) is 14.4 Å². The van der Waals surface area contributed by atoms with Gasteiger partial charge in [-0.25, -0.2) is 0 Å². The molecule has 1 rings (SSSR count). The summed E-state index contributed by atoms with van der Waals surface area (Å²) in [5.41, 5.74) is 0. The van der Waals surface area contributed by atoms with E-state index in [-0.39, 0.29) is 30.2 Å². The van der Waals surface area contributed by atoms with Crippen LogP contribution in [-0.4, -0.2) is 74.3 Å². The van der Waals surface area contributed by atoms with Gasteiger partial charge in [-0.05, 0) is 32.4 Å². The fraction of sp³-hybridized carbons (Fsp3) is 0.800. The fourth-order valence-electron chi connectivity index (χ4n) is 2.49. The number of likely N-dealkylation sites (tertiary alicyclic amines) is 1. The molecule has 0 atom stereocenters. The first-order chi connectivity index (χ1) is 10.5. The summed E-state index contributed by atoms with van der Waals surface area (Å²) in [7, 11) is 3.29. The molecule has 0 aliphatic carbocycles. The Balaban J connectivity index is 2.30. The van der Waals surface area contributed by atoms with Crippen molar-refractivity contribution in [2.45, 2.75) is 26.2 Å². The van der Waals surface area contributed by atoms with Gasteiger partial charge in [-0.2, -0.15) is 0 Å². The molecule has 126 valence electrons. The second kappa shape index (κ2) is 9.40. The fourth-order valence-corrected chi connectivity index (χ4v) is 2.49. The van der Waals surface area contributed by atoms with Crippen molar-refractivity contribution in [1.82, 2.24) is 20.4 Å². The SMILES string of the molecule is CCCNC(=O)CN(C)C(=O)CN1CCC(C(=O)NC)CC1. The molecule has 1 fully saturated rings. The van der Waals surface area contributed by atoms with E-state index in [1.165, 1.54) is 4.90 Å². The molecule has 7 heteroatoms. The first-order valence-corrected chi connectivity index (χ1v) is 7.92. The zero-order valence-electron chi connectivity index (χ0n) is 13.9. The summed E-state index contributed by atoms with van der Waals surface area (Å²) in [6.45, 7) is 4.48. The van der Waals surface area contributed by atoms with Gasteiger partial charge in [0.15, 0.2) is 0 Å². The Morgan fingerprint density at radius 3 is 2.41 bits per heavy atom. The Bertz CT molecular complexity index is 392. The van der Waals surface area contributed by atoms with Crippen LogP contribution in [0.5, 0.6) is 0 Å². The number of hydrogen-bond acceptors (Lipinski definition) is 4. The summed E-state index contributed by atoms with van der Waals surface area (Å²) in [6.07, 6.45) is 2.42. The summed E-state index contributed by atoms with van der Waals surface area (Å²) in [6, 6.07) is 0. The average molecular weight is 312 g/mol. The molecular formula is C15H28N4O3. The molecule has 0 bridgehead atoms. The molecule has 1 aliphatic rings. The lowest BCUT2D eigenvalue weighted by atomic mass is 9.96. The van der Waals surface area contributed by atoms with E-state index >= 15 is 0 Å². The highest BCUT2D eigenvalue weighted by atomic mass is 16.2. The molecule has 2 N–H and O–H groups in total. The molecular weight excluding hydrogens is 284 g/mol. The Hall–Kier alpha value is -1.63. The van der Waals surface area contributed by atoms with Gasteiger partial charge in [-0.3, -0.25) is 19.3 Å². The molecule has 7 nitrogen and oxygen atoms in total.